The molecule has 0 atom stereocenters. The van der Waals surface area contributed by atoms with Crippen LogP contribution in [-0.2, 0) is 6.42 Å². The number of fused-ring (bicyclic) bond motifs is 1. The van der Waals surface area contributed by atoms with Crippen molar-refractivity contribution in [2.24, 2.45) is 0 Å². The third-order valence-electron chi connectivity index (χ3n) is 3.00. The molecule has 0 aliphatic heterocycles. The van der Waals surface area contributed by atoms with Gasteiger partial charge in [-0.25, -0.2) is 4.98 Å². The number of hydrogen-bond acceptors (Lipinski definition) is 4. The number of ether oxygens (including phenoxy) is 2. The molecular weight excluding hydrogens is 242 g/mol. The van der Waals surface area contributed by atoms with Crippen molar-refractivity contribution in [2.75, 3.05) is 27.3 Å². The quantitative estimate of drug-likeness (QED) is 0.751. The van der Waals surface area contributed by atoms with E-state index in [-0.39, 0.29) is 0 Å². The molecule has 1 aromatic heterocycles. The largest absolute Gasteiger partial charge is 0.493 e. The van der Waals surface area contributed by atoms with Crippen LogP contribution in [0.1, 0.15) is 19.2 Å². The highest BCUT2D eigenvalue weighted by Crippen LogP contribution is 2.30. The van der Waals surface area contributed by atoms with Gasteiger partial charge in [0.2, 0.25) is 0 Å². The Morgan fingerprint density at radius 1 is 1.16 bits per heavy atom. The Kier molecular flexibility index (Phi) is 4.63. The molecule has 19 heavy (non-hydrogen) atoms. The zero-order chi connectivity index (χ0) is 13.7. The molecule has 0 saturated carbocycles. The van der Waals surface area contributed by atoms with Crippen molar-refractivity contribution in [1.29, 1.82) is 0 Å². The predicted octanol–water partition coefficient (Wildman–Crippen LogP) is 2.12. The molecule has 2 N–H and O–H groups in total. The lowest BCUT2D eigenvalue weighted by molar-refractivity contribution is 0.356. The summed E-state index contributed by atoms with van der Waals surface area (Å²) in [6.45, 7) is 4.14. The van der Waals surface area contributed by atoms with Gasteiger partial charge in [-0.2, -0.15) is 0 Å². The molecule has 0 unspecified atom stereocenters. The SMILES string of the molecule is CCCNCCc1nc2cc(OC)c(OC)cc2[nH]1. The van der Waals surface area contributed by atoms with Gasteiger partial charge in [0, 0.05) is 25.1 Å². The average Bonchev–Trinajstić information content (AvgIpc) is 2.83. The molecule has 2 rings (SSSR count). The first-order valence-electron chi connectivity index (χ1n) is 6.59. The number of benzene rings is 1. The van der Waals surface area contributed by atoms with Crippen LogP contribution in [0, 0.1) is 0 Å². The van der Waals surface area contributed by atoms with Crippen LogP contribution in [0.25, 0.3) is 11.0 Å². The molecule has 0 radical (unpaired) electrons. The lowest BCUT2D eigenvalue weighted by Crippen LogP contribution is -2.18. The second kappa shape index (κ2) is 6.43. The summed E-state index contributed by atoms with van der Waals surface area (Å²) in [5, 5.41) is 3.36. The van der Waals surface area contributed by atoms with Crippen LogP contribution < -0.4 is 14.8 Å². The van der Waals surface area contributed by atoms with Gasteiger partial charge in [0.15, 0.2) is 11.5 Å². The zero-order valence-electron chi connectivity index (χ0n) is 11.7. The predicted molar refractivity (Wildman–Crippen MR) is 76.1 cm³/mol. The van der Waals surface area contributed by atoms with Gasteiger partial charge < -0.3 is 19.8 Å². The van der Waals surface area contributed by atoms with Crippen LogP contribution in [0.15, 0.2) is 12.1 Å². The summed E-state index contributed by atoms with van der Waals surface area (Å²) >= 11 is 0. The fourth-order valence-corrected chi connectivity index (χ4v) is 2.02. The Labute approximate surface area is 113 Å². The molecule has 0 saturated heterocycles. The van der Waals surface area contributed by atoms with Crippen LogP contribution in [0.3, 0.4) is 0 Å². The average molecular weight is 263 g/mol. The van der Waals surface area contributed by atoms with E-state index in [9.17, 15) is 0 Å². The van der Waals surface area contributed by atoms with Crippen molar-refractivity contribution in [3.63, 3.8) is 0 Å². The summed E-state index contributed by atoms with van der Waals surface area (Å²) in [6, 6.07) is 3.82. The molecular formula is C14H21N3O2. The van der Waals surface area contributed by atoms with Gasteiger partial charge in [-0.05, 0) is 13.0 Å². The first-order valence-corrected chi connectivity index (χ1v) is 6.59. The molecule has 2 aromatic rings. The molecule has 0 amide bonds. The van der Waals surface area contributed by atoms with Crippen molar-refractivity contribution in [1.82, 2.24) is 15.3 Å². The first-order chi connectivity index (χ1) is 9.28. The lowest BCUT2D eigenvalue weighted by atomic mass is 10.3. The number of imidazole rings is 1. The number of nitrogens with one attached hydrogen (secondary N) is 2. The number of hydrogen-bond donors (Lipinski definition) is 2. The minimum Gasteiger partial charge on any atom is -0.493 e. The molecule has 0 bridgehead atoms. The molecule has 104 valence electrons. The van der Waals surface area contributed by atoms with E-state index in [1.165, 1.54) is 0 Å². The van der Waals surface area contributed by atoms with E-state index < -0.39 is 0 Å². The molecule has 0 aliphatic rings. The second-order valence-corrected chi connectivity index (χ2v) is 4.41. The molecule has 0 fully saturated rings. The van der Waals surface area contributed by atoms with Crippen molar-refractivity contribution in [3.05, 3.63) is 18.0 Å². The third-order valence-corrected chi connectivity index (χ3v) is 3.00. The fourth-order valence-electron chi connectivity index (χ4n) is 2.02. The standard InChI is InChI=1S/C14H21N3O2/c1-4-6-15-7-5-14-16-10-8-12(18-2)13(19-3)9-11(10)17-14/h8-9,15H,4-7H2,1-3H3,(H,16,17). The number of methoxy groups -OCH3 is 2. The van der Waals surface area contributed by atoms with E-state index in [0.717, 1.165) is 42.8 Å². The Morgan fingerprint density at radius 3 is 2.58 bits per heavy atom. The maximum absolute atomic E-state index is 5.28. The topological polar surface area (TPSA) is 59.2 Å². The smallest absolute Gasteiger partial charge is 0.163 e. The minimum atomic E-state index is 0.706. The summed E-state index contributed by atoms with van der Waals surface area (Å²) in [6.07, 6.45) is 2.04. The summed E-state index contributed by atoms with van der Waals surface area (Å²) in [5.41, 5.74) is 1.88. The maximum Gasteiger partial charge on any atom is 0.163 e. The van der Waals surface area contributed by atoms with E-state index in [2.05, 4.69) is 22.2 Å². The zero-order valence-corrected chi connectivity index (χ0v) is 11.7. The summed E-state index contributed by atoms with van der Waals surface area (Å²) in [5.74, 6) is 2.40. The van der Waals surface area contributed by atoms with Crippen LogP contribution in [0.2, 0.25) is 0 Å². The van der Waals surface area contributed by atoms with Crippen molar-refractivity contribution in [3.8, 4) is 11.5 Å². The maximum atomic E-state index is 5.28. The van der Waals surface area contributed by atoms with E-state index in [4.69, 9.17) is 9.47 Å². The van der Waals surface area contributed by atoms with Crippen LogP contribution in [-0.4, -0.2) is 37.3 Å². The summed E-state index contributed by atoms with van der Waals surface area (Å²) in [7, 11) is 3.27. The molecule has 1 heterocycles. The molecule has 0 aliphatic carbocycles. The number of H-pyrrole nitrogens is 1. The van der Waals surface area contributed by atoms with Gasteiger partial charge in [-0.1, -0.05) is 6.92 Å². The van der Waals surface area contributed by atoms with Crippen molar-refractivity contribution in [2.45, 2.75) is 19.8 Å². The van der Waals surface area contributed by atoms with Gasteiger partial charge in [0.25, 0.3) is 0 Å². The minimum absolute atomic E-state index is 0.706. The highest BCUT2D eigenvalue weighted by molar-refractivity contribution is 5.79. The molecule has 5 nitrogen and oxygen atoms in total. The Balaban J connectivity index is 2.15. The van der Waals surface area contributed by atoms with Crippen molar-refractivity contribution < 1.29 is 9.47 Å². The highest BCUT2D eigenvalue weighted by atomic mass is 16.5. The number of aromatic nitrogens is 2. The van der Waals surface area contributed by atoms with E-state index >= 15 is 0 Å². The molecule has 0 spiro atoms. The lowest BCUT2D eigenvalue weighted by Gasteiger charge is -2.06. The second-order valence-electron chi connectivity index (χ2n) is 4.41. The van der Waals surface area contributed by atoms with E-state index in [0.29, 0.717) is 11.5 Å². The van der Waals surface area contributed by atoms with Crippen molar-refractivity contribution >= 4 is 11.0 Å². The van der Waals surface area contributed by atoms with Gasteiger partial charge in [-0.3, -0.25) is 0 Å². The van der Waals surface area contributed by atoms with Crippen LogP contribution in [0.5, 0.6) is 11.5 Å². The Bertz CT molecular complexity index is 496. The normalized spacial score (nSPS) is 10.9. The highest BCUT2D eigenvalue weighted by Gasteiger charge is 2.09. The van der Waals surface area contributed by atoms with E-state index in [1.807, 2.05) is 12.1 Å². The van der Waals surface area contributed by atoms with Gasteiger partial charge in [-0.15, -0.1) is 0 Å². The van der Waals surface area contributed by atoms with Gasteiger partial charge >= 0.3 is 0 Å². The molecule has 1 aromatic carbocycles. The summed E-state index contributed by atoms with van der Waals surface area (Å²) in [4.78, 5) is 7.88. The Hall–Kier alpha value is -1.75. The van der Waals surface area contributed by atoms with Gasteiger partial charge in [0.1, 0.15) is 5.82 Å². The molecule has 5 heteroatoms. The fraction of sp³-hybridized carbons (Fsp3) is 0.500. The third kappa shape index (κ3) is 3.17. The monoisotopic (exact) mass is 263 g/mol. The van der Waals surface area contributed by atoms with Gasteiger partial charge in [0.05, 0.1) is 25.3 Å². The first kappa shape index (κ1) is 13.7. The number of aromatic amines is 1. The Morgan fingerprint density at radius 2 is 1.89 bits per heavy atom. The number of rotatable bonds is 7. The van der Waals surface area contributed by atoms with Crippen LogP contribution >= 0.6 is 0 Å². The number of nitrogens with zero attached hydrogens (tertiary/aromatic N) is 1. The summed E-state index contributed by atoms with van der Waals surface area (Å²) < 4.78 is 10.6. The van der Waals surface area contributed by atoms with Crippen LogP contribution in [0.4, 0.5) is 0 Å². The van der Waals surface area contributed by atoms with E-state index in [1.54, 1.807) is 14.2 Å².